The van der Waals surface area contributed by atoms with Gasteiger partial charge in [0, 0.05) is 19.0 Å². The second-order valence-electron chi connectivity index (χ2n) is 5.83. The molecule has 0 spiro atoms. The van der Waals surface area contributed by atoms with Gasteiger partial charge in [0.25, 0.3) is 0 Å². The molecule has 0 saturated carbocycles. The summed E-state index contributed by atoms with van der Waals surface area (Å²) in [4.78, 5) is 14.0. The number of aromatic hydroxyl groups is 1. The molecular formula is C15H21NO3. The van der Waals surface area contributed by atoms with Crippen LogP contribution in [0.4, 0.5) is 0 Å². The highest BCUT2D eigenvalue weighted by molar-refractivity contribution is 5.79. The van der Waals surface area contributed by atoms with E-state index in [9.17, 15) is 15.0 Å². The Labute approximate surface area is 113 Å². The first-order valence-corrected chi connectivity index (χ1v) is 6.64. The standard InChI is InChI=1S/C15H21NO3/c1-15(2,19)12-6-7-16(10-12)14(18)9-11-4-3-5-13(17)8-11/h3-5,8,12,17,19H,6-7,9-10H2,1-2H3/t12-/m1/s1. The average molecular weight is 263 g/mol. The third-order valence-corrected chi connectivity index (χ3v) is 3.81. The number of carbonyl (C=O) groups is 1. The van der Waals surface area contributed by atoms with E-state index in [0.717, 1.165) is 12.0 Å². The highest BCUT2D eigenvalue weighted by atomic mass is 16.3. The van der Waals surface area contributed by atoms with E-state index in [1.165, 1.54) is 0 Å². The van der Waals surface area contributed by atoms with E-state index in [0.29, 0.717) is 19.5 Å². The fraction of sp³-hybridized carbons (Fsp3) is 0.533. The van der Waals surface area contributed by atoms with Crippen LogP contribution in [0.5, 0.6) is 5.75 Å². The van der Waals surface area contributed by atoms with Crippen molar-refractivity contribution in [3.05, 3.63) is 29.8 Å². The van der Waals surface area contributed by atoms with Crippen molar-refractivity contribution in [2.45, 2.75) is 32.3 Å². The van der Waals surface area contributed by atoms with Crippen LogP contribution in [0, 0.1) is 5.92 Å². The van der Waals surface area contributed by atoms with Crippen LogP contribution in [0.25, 0.3) is 0 Å². The molecule has 1 aliphatic heterocycles. The number of rotatable bonds is 3. The van der Waals surface area contributed by atoms with Crippen molar-refractivity contribution in [1.82, 2.24) is 4.90 Å². The number of hydrogen-bond acceptors (Lipinski definition) is 3. The highest BCUT2D eigenvalue weighted by Gasteiger charge is 2.35. The molecule has 1 aromatic rings. The summed E-state index contributed by atoms with van der Waals surface area (Å²) >= 11 is 0. The predicted molar refractivity (Wildman–Crippen MR) is 72.8 cm³/mol. The van der Waals surface area contributed by atoms with Crippen molar-refractivity contribution < 1.29 is 15.0 Å². The maximum absolute atomic E-state index is 12.2. The summed E-state index contributed by atoms with van der Waals surface area (Å²) in [7, 11) is 0. The Morgan fingerprint density at radius 3 is 2.79 bits per heavy atom. The molecule has 1 amide bonds. The quantitative estimate of drug-likeness (QED) is 0.870. The van der Waals surface area contributed by atoms with E-state index < -0.39 is 5.60 Å². The smallest absolute Gasteiger partial charge is 0.227 e. The summed E-state index contributed by atoms with van der Waals surface area (Å²) in [6, 6.07) is 6.78. The molecule has 0 aliphatic carbocycles. The lowest BCUT2D eigenvalue weighted by atomic mass is 9.90. The number of likely N-dealkylation sites (tertiary alicyclic amines) is 1. The van der Waals surface area contributed by atoms with E-state index in [-0.39, 0.29) is 17.6 Å². The summed E-state index contributed by atoms with van der Waals surface area (Å²) in [5.74, 6) is 0.374. The van der Waals surface area contributed by atoms with Crippen LogP contribution in [0.3, 0.4) is 0 Å². The third kappa shape index (κ3) is 3.47. The number of hydrogen-bond donors (Lipinski definition) is 2. The highest BCUT2D eigenvalue weighted by Crippen LogP contribution is 2.27. The minimum atomic E-state index is -0.736. The van der Waals surface area contributed by atoms with Crippen LogP contribution >= 0.6 is 0 Å². The first-order chi connectivity index (χ1) is 8.86. The molecule has 0 radical (unpaired) electrons. The zero-order valence-corrected chi connectivity index (χ0v) is 11.5. The molecule has 1 saturated heterocycles. The number of carbonyl (C=O) groups excluding carboxylic acids is 1. The fourth-order valence-electron chi connectivity index (χ4n) is 2.52. The van der Waals surface area contributed by atoms with E-state index in [1.54, 1.807) is 36.9 Å². The Hall–Kier alpha value is -1.55. The van der Waals surface area contributed by atoms with Gasteiger partial charge >= 0.3 is 0 Å². The topological polar surface area (TPSA) is 60.8 Å². The Morgan fingerprint density at radius 1 is 1.47 bits per heavy atom. The molecule has 19 heavy (non-hydrogen) atoms. The van der Waals surface area contributed by atoms with Crippen molar-refractivity contribution in [3.63, 3.8) is 0 Å². The second-order valence-corrected chi connectivity index (χ2v) is 5.83. The summed E-state index contributed by atoms with van der Waals surface area (Å²) in [6.07, 6.45) is 1.14. The van der Waals surface area contributed by atoms with Gasteiger partial charge in [-0.25, -0.2) is 0 Å². The SMILES string of the molecule is CC(C)(O)[C@@H]1CCN(C(=O)Cc2cccc(O)c2)C1. The lowest BCUT2D eigenvalue weighted by Crippen LogP contribution is -2.35. The Kier molecular flexibility index (Phi) is 3.80. The number of phenolic OH excluding ortho intramolecular Hbond substituents is 1. The van der Waals surface area contributed by atoms with Crippen molar-refractivity contribution in [2.24, 2.45) is 5.92 Å². The maximum atomic E-state index is 12.2. The van der Waals surface area contributed by atoms with Gasteiger partial charge in [-0.05, 0) is 38.0 Å². The number of benzene rings is 1. The summed E-state index contributed by atoms with van der Waals surface area (Å²) in [5, 5.41) is 19.4. The molecule has 4 nitrogen and oxygen atoms in total. The molecule has 1 fully saturated rings. The fourth-order valence-corrected chi connectivity index (χ4v) is 2.52. The van der Waals surface area contributed by atoms with Crippen molar-refractivity contribution in [2.75, 3.05) is 13.1 Å². The minimum Gasteiger partial charge on any atom is -0.508 e. The number of aliphatic hydroxyl groups is 1. The van der Waals surface area contributed by atoms with Crippen LogP contribution in [0.1, 0.15) is 25.8 Å². The summed E-state index contributed by atoms with van der Waals surface area (Å²) in [5.41, 5.74) is 0.0803. The molecule has 104 valence electrons. The number of nitrogens with zero attached hydrogens (tertiary/aromatic N) is 1. The van der Waals surface area contributed by atoms with Gasteiger partial charge in [-0.3, -0.25) is 4.79 Å². The molecule has 0 aromatic heterocycles. The molecule has 0 bridgehead atoms. The van der Waals surface area contributed by atoms with Gasteiger partial charge in [0.2, 0.25) is 5.91 Å². The summed E-state index contributed by atoms with van der Waals surface area (Å²) < 4.78 is 0. The zero-order chi connectivity index (χ0) is 14.0. The van der Waals surface area contributed by atoms with Gasteiger partial charge < -0.3 is 15.1 Å². The van der Waals surface area contributed by atoms with Crippen LogP contribution < -0.4 is 0 Å². The van der Waals surface area contributed by atoms with Gasteiger partial charge in [0.05, 0.1) is 12.0 Å². The number of amides is 1. The molecule has 1 aromatic carbocycles. The van der Waals surface area contributed by atoms with Gasteiger partial charge in [-0.15, -0.1) is 0 Å². The largest absolute Gasteiger partial charge is 0.508 e. The maximum Gasteiger partial charge on any atom is 0.227 e. The van der Waals surface area contributed by atoms with Gasteiger partial charge in [-0.1, -0.05) is 12.1 Å². The molecule has 2 rings (SSSR count). The Bertz CT molecular complexity index is 465. The van der Waals surface area contributed by atoms with E-state index in [2.05, 4.69) is 0 Å². The Morgan fingerprint density at radius 2 is 2.21 bits per heavy atom. The zero-order valence-electron chi connectivity index (χ0n) is 11.5. The second kappa shape index (κ2) is 5.21. The minimum absolute atomic E-state index is 0.0531. The molecule has 0 unspecified atom stereocenters. The number of phenols is 1. The van der Waals surface area contributed by atoms with Gasteiger partial charge in [0.1, 0.15) is 5.75 Å². The van der Waals surface area contributed by atoms with Crippen LogP contribution in [-0.2, 0) is 11.2 Å². The Balaban J connectivity index is 1.95. The predicted octanol–water partition coefficient (Wildman–Crippen LogP) is 1.55. The van der Waals surface area contributed by atoms with Gasteiger partial charge in [-0.2, -0.15) is 0 Å². The van der Waals surface area contributed by atoms with E-state index >= 15 is 0 Å². The van der Waals surface area contributed by atoms with Crippen LogP contribution in [-0.4, -0.2) is 39.7 Å². The third-order valence-electron chi connectivity index (χ3n) is 3.81. The lowest BCUT2D eigenvalue weighted by molar-refractivity contribution is -0.129. The van der Waals surface area contributed by atoms with Gasteiger partial charge in [0.15, 0.2) is 0 Å². The van der Waals surface area contributed by atoms with Crippen LogP contribution in [0.15, 0.2) is 24.3 Å². The average Bonchev–Trinajstić information content (AvgIpc) is 2.77. The van der Waals surface area contributed by atoms with Crippen molar-refractivity contribution in [1.29, 1.82) is 0 Å². The molecule has 4 heteroatoms. The molecule has 1 atom stereocenters. The van der Waals surface area contributed by atoms with Crippen molar-refractivity contribution in [3.8, 4) is 5.75 Å². The first-order valence-electron chi connectivity index (χ1n) is 6.64. The molecule has 1 aliphatic rings. The molecular weight excluding hydrogens is 242 g/mol. The van der Waals surface area contributed by atoms with E-state index in [4.69, 9.17) is 0 Å². The molecule has 2 N–H and O–H groups in total. The normalized spacial score (nSPS) is 19.7. The lowest BCUT2D eigenvalue weighted by Gasteiger charge is -2.25. The van der Waals surface area contributed by atoms with Crippen LogP contribution in [0.2, 0.25) is 0 Å². The summed E-state index contributed by atoms with van der Waals surface area (Å²) in [6.45, 7) is 4.90. The molecule has 1 heterocycles. The monoisotopic (exact) mass is 263 g/mol. The van der Waals surface area contributed by atoms with Crippen molar-refractivity contribution >= 4 is 5.91 Å². The first kappa shape index (κ1) is 13.9. The van der Waals surface area contributed by atoms with E-state index in [1.807, 2.05) is 6.07 Å².